The Bertz CT molecular complexity index is 1200. The van der Waals surface area contributed by atoms with E-state index in [1.807, 2.05) is 37.3 Å². The van der Waals surface area contributed by atoms with Crippen molar-refractivity contribution in [2.45, 2.75) is 20.1 Å². The molecule has 0 saturated carbocycles. The van der Waals surface area contributed by atoms with Crippen LogP contribution in [0.3, 0.4) is 0 Å². The molecule has 31 heavy (non-hydrogen) atoms. The lowest BCUT2D eigenvalue weighted by Crippen LogP contribution is -2.12. The van der Waals surface area contributed by atoms with Gasteiger partial charge in [0.05, 0.1) is 6.54 Å². The van der Waals surface area contributed by atoms with Crippen LogP contribution in [-0.2, 0) is 13.2 Å². The maximum absolute atomic E-state index is 12.4. The van der Waals surface area contributed by atoms with Crippen molar-refractivity contribution < 1.29 is 13.9 Å². The molecule has 0 aliphatic rings. The predicted octanol–water partition coefficient (Wildman–Crippen LogP) is 5.37. The first-order valence-electron chi connectivity index (χ1n) is 9.39. The summed E-state index contributed by atoms with van der Waals surface area (Å²) in [5.74, 6) is 1.09. The number of hydrogen-bond donors (Lipinski definition) is 1. The van der Waals surface area contributed by atoms with Gasteiger partial charge in [-0.05, 0) is 60.5 Å². The van der Waals surface area contributed by atoms with Crippen molar-refractivity contribution in [1.82, 2.24) is 14.8 Å². The Morgan fingerprint density at radius 3 is 2.65 bits per heavy atom. The smallest absolute Gasteiger partial charge is 0.293 e. The van der Waals surface area contributed by atoms with Gasteiger partial charge in [0.25, 0.3) is 5.91 Å². The molecule has 0 spiro atoms. The average molecular weight is 457 g/mol. The number of furan rings is 1. The van der Waals surface area contributed by atoms with Gasteiger partial charge in [-0.15, -0.1) is 5.10 Å². The zero-order valence-electron chi connectivity index (χ0n) is 16.5. The molecule has 2 aromatic heterocycles. The highest BCUT2D eigenvalue weighted by molar-refractivity contribution is 6.30. The molecule has 0 radical (unpaired) electrons. The van der Waals surface area contributed by atoms with Gasteiger partial charge in [0.2, 0.25) is 5.95 Å². The van der Waals surface area contributed by atoms with E-state index in [1.54, 1.807) is 35.3 Å². The molecular formula is C22H18Cl2N4O3. The highest BCUT2D eigenvalue weighted by Gasteiger charge is 2.14. The molecule has 4 aromatic rings. The van der Waals surface area contributed by atoms with Crippen LogP contribution >= 0.6 is 23.2 Å². The standard InChI is InChI=1S/C22H18Cl2N4O3/c1-14-10-17(24)6-8-19(14)30-12-18-7-9-20(31-18)21(29)26-22-25-13-28(27-22)11-15-2-4-16(23)5-3-15/h2-10,13H,11-12H2,1H3,(H,26,27,29). The quantitative estimate of drug-likeness (QED) is 0.404. The van der Waals surface area contributed by atoms with E-state index in [-0.39, 0.29) is 18.3 Å². The zero-order chi connectivity index (χ0) is 21.8. The van der Waals surface area contributed by atoms with E-state index in [1.165, 1.54) is 0 Å². The second-order valence-corrected chi connectivity index (χ2v) is 7.68. The van der Waals surface area contributed by atoms with Gasteiger partial charge in [0.15, 0.2) is 5.76 Å². The number of ether oxygens (including phenoxy) is 1. The van der Waals surface area contributed by atoms with Crippen LogP contribution in [-0.4, -0.2) is 20.7 Å². The van der Waals surface area contributed by atoms with Crippen molar-refractivity contribution in [3.63, 3.8) is 0 Å². The summed E-state index contributed by atoms with van der Waals surface area (Å²) in [6, 6.07) is 16.0. The average Bonchev–Trinajstić information content (AvgIpc) is 3.39. The summed E-state index contributed by atoms with van der Waals surface area (Å²) < 4.78 is 12.9. The lowest BCUT2D eigenvalue weighted by Gasteiger charge is -2.07. The van der Waals surface area contributed by atoms with Crippen LogP contribution in [0.1, 0.15) is 27.4 Å². The number of halogens is 2. The SMILES string of the molecule is Cc1cc(Cl)ccc1OCc1ccc(C(=O)Nc2ncn(Cc3ccc(Cl)cc3)n2)o1. The van der Waals surface area contributed by atoms with Crippen LogP contribution in [0.2, 0.25) is 10.0 Å². The molecule has 9 heteroatoms. The minimum atomic E-state index is -0.446. The normalized spacial score (nSPS) is 10.8. The van der Waals surface area contributed by atoms with Gasteiger partial charge in [-0.3, -0.25) is 10.1 Å². The van der Waals surface area contributed by atoms with Gasteiger partial charge in [0, 0.05) is 10.0 Å². The topological polar surface area (TPSA) is 82.2 Å². The molecule has 0 bridgehead atoms. The summed E-state index contributed by atoms with van der Waals surface area (Å²) in [7, 11) is 0. The Morgan fingerprint density at radius 2 is 1.87 bits per heavy atom. The Kier molecular flexibility index (Phi) is 6.25. The fourth-order valence-corrected chi connectivity index (χ4v) is 3.22. The zero-order valence-corrected chi connectivity index (χ0v) is 18.0. The Labute approximate surface area is 188 Å². The van der Waals surface area contributed by atoms with Gasteiger partial charge in [0.1, 0.15) is 24.4 Å². The monoisotopic (exact) mass is 456 g/mol. The van der Waals surface area contributed by atoms with Crippen molar-refractivity contribution in [2.24, 2.45) is 0 Å². The maximum atomic E-state index is 12.4. The van der Waals surface area contributed by atoms with E-state index in [9.17, 15) is 4.79 Å². The van der Waals surface area contributed by atoms with E-state index in [2.05, 4.69) is 15.4 Å². The summed E-state index contributed by atoms with van der Waals surface area (Å²) in [5, 5.41) is 8.19. The second-order valence-electron chi connectivity index (χ2n) is 6.81. The number of carbonyl (C=O) groups excluding carboxylic acids is 1. The van der Waals surface area contributed by atoms with E-state index in [0.717, 1.165) is 11.1 Å². The van der Waals surface area contributed by atoms with Crippen molar-refractivity contribution in [3.8, 4) is 5.75 Å². The van der Waals surface area contributed by atoms with Gasteiger partial charge in [-0.25, -0.2) is 9.67 Å². The predicted molar refractivity (Wildman–Crippen MR) is 118 cm³/mol. The lowest BCUT2D eigenvalue weighted by molar-refractivity contribution is 0.0991. The van der Waals surface area contributed by atoms with Crippen LogP contribution in [0.5, 0.6) is 5.75 Å². The van der Waals surface area contributed by atoms with E-state index in [0.29, 0.717) is 28.1 Å². The number of carbonyl (C=O) groups is 1. The number of aromatic nitrogens is 3. The van der Waals surface area contributed by atoms with Crippen LogP contribution in [0.25, 0.3) is 0 Å². The van der Waals surface area contributed by atoms with Crippen molar-refractivity contribution in [1.29, 1.82) is 0 Å². The van der Waals surface area contributed by atoms with Gasteiger partial charge >= 0.3 is 0 Å². The van der Waals surface area contributed by atoms with Gasteiger partial charge in [-0.1, -0.05) is 35.3 Å². The molecule has 0 aliphatic carbocycles. The van der Waals surface area contributed by atoms with E-state index >= 15 is 0 Å². The second kappa shape index (κ2) is 9.24. The molecule has 1 amide bonds. The number of nitrogens with one attached hydrogen (secondary N) is 1. The van der Waals surface area contributed by atoms with Crippen molar-refractivity contribution >= 4 is 35.1 Å². The molecule has 2 aromatic carbocycles. The molecule has 0 fully saturated rings. The van der Waals surface area contributed by atoms with Crippen LogP contribution in [0.15, 0.2) is 65.3 Å². The van der Waals surface area contributed by atoms with Crippen molar-refractivity contribution in [2.75, 3.05) is 5.32 Å². The van der Waals surface area contributed by atoms with E-state index in [4.69, 9.17) is 32.4 Å². The first-order valence-corrected chi connectivity index (χ1v) is 10.1. The van der Waals surface area contributed by atoms with Crippen molar-refractivity contribution in [3.05, 3.63) is 93.6 Å². The largest absolute Gasteiger partial charge is 0.485 e. The maximum Gasteiger partial charge on any atom is 0.293 e. The van der Waals surface area contributed by atoms with Gasteiger partial charge in [-0.2, -0.15) is 0 Å². The minimum absolute atomic E-state index is 0.139. The molecule has 1 N–H and O–H groups in total. The molecule has 2 heterocycles. The summed E-state index contributed by atoms with van der Waals surface area (Å²) in [4.78, 5) is 16.5. The number of benzene rings is 2. The molecule has 0 aliphatic heterocycles. The first-order chi connectivity index (χ1) is 15.0. The summed E-state index contributed by atoms with van der Waals surface area (Å²) >= 11 is 11.8. The molecular weight excluding hydrogens is 439 g/mol. The highest BCUT2D eigenvalue weighted by atomic mass is 35.5. The molecule has 4 rings (SSSR count). The molecule has 0 atom stereocenters. The summed E-state index contributed by atoms with van der Waals surface area (Å²) in [6.45, 7) is 2.59. The Balaban J connectivity index is 1.33. The number of anilines is 1. The third kappa shape index (κ3) is 5.45. The summed E-state index contributed by atoms with van der Waals surface area (Å²) in [5.41, 5.74) is 1.93. The fourth-order valence-electron chi connectivity index (χ4n) is 2.87. The molecule has 158 valence electrons. The minimum Gasteiger partial charge on any atom is -0.485 e. The lowest BCUT2D eigenvalue weighted by atomic mass is 10.2. The number of hydrogen-bond acceptors (Lipinski definition) is 5. The van der Waals surface area contributed by atoms with Crippen LogP contribution in [0, 0.1) is 6.92 Å². The number of amides is 1. The first kappa shape index (κ1) is 21.0. The summed E-state index contributed by atoms with van der Waals surface area (Å²) in [6.07, 6.45) is 1.54. The van der Waals surface area contributed by atoms with Crippen LogP contribution in [0.4, 0.5) is 5.95 Å². The third-order valence-electron chi connectivity index (χ3n) is 4.41. The Hall–Kier alpha value is -3.29. The Morgan fingerprint density at radius 1 is 1.10 bits per heavy atom. The molecule has 0 saturated heterocycles. The highest BCUT2D eigenvalue weighted by Crippen LogP contribution is 2.23. The number of aryl methyl sites for hydroxylation is 1. The van der Waals surface area contributed by atoms with E-state index < -0.39 is 5.91 Å². The van der Waals surface area contributed by atoms with Gasteiger partial charge < -0.3 is 9.15 Å². The fraction of sp³-hybridized carbons (Fsp3) is 0.136. The number of rotatable bonds is 7. The molecule has 7 nitrogen and oxygen atoms in total. The third-order valence-corrected chi connectivity index (χ3v) is 4.90. The number of nitrogens with zero attached hydrogens (tertiary/aromatic N) is 3. The molecule has 0 unspecified atom stereocenters. The van der Waals surface area contributed by atoms with Crippen LogP contribution < -0.4 is 10.1 Å².